The highest BCUT2D eigenvalue weighted by molar-refractivity contribution is 6.33. The van der Waals surface area contributed by atoms with E-state index in [1.807, 2.05) is 36.4 Å². The number of hydrogen-bond donors (Lipinski definition) is 2. The van der Waals surface area contributed by atoms with Gasteiger partial charge >= 0.3 is 0 Å². The Bertz CT molecular complexity index is 1570. The lowest BCUT2D eigenvalue weighted by molar-refractivity contribution is 0.0941. The van der Waals surface area contributed by atoms with Crippen molar-refractivity contribution in [3.05, 3.63) is 117 Å². The highest BCUT2D eigenvalue weighted by Crippen LogP contribution is 2.32. The van der Waals surface area contributed by atoms with Gasteiger partial charge in [0.2, 0.25) is 0 Å². The summed E-state index contributed by atoms with van der Waals surface area (Å²) in [7, 11) is 0. The zero-order valence-corrected chi connectivity index (χ0v) is 23.1. The second-order valence-electron chi connectivity index (χ2n) is 9.07. The number of aromatic nitrogens is 2. The summed E-state index contributed by atoms with van der Waals surface area (Å²) in [6.07, 6.45) is 0. The van der Waals surface area contributed by atoms with Crippen molar-refractivity contribution >= 4 is 35.0 Å². The summed E-state index contributed by atoms with van der Waals surface area (Å²) < 4.78 is 10.6. The maximum Gasteiger partial charge on any atom is 0.257 e. The van der Waals surface area contributed by atoms with Gasteiger partial charge in [-0.3, -0.25) is 9.59 Å². The lowest BCUT2D eigenvalue weighted by atomic mass is 10.0. The van der Waals surface area contributed by atoms with Crippen molar-refractivity contribution in [1.82, 2.24) is 20.9 Å². The summed E-state index contributed by atoms with van der Waals surface area (Å²) in [5.74, 6) is 0.172. The van der Waals surface area contributed by atoms with Gasteiger partial charge in [-0.1, -0.05) is 94.2 Å². The van der Waals surface area contributed by atoms with Crippen LogP contribution in [0.1, 0.15) is 43.4 Å². The van der Waals surface area contributed by atoms with Crippen LogP contribution in [0.25, 0.3) is 22.5 Å². The van der Waals surface area contributed by atoms with E-state index in [1.54, 1.807) is 50.2 Å². The molecule has 5 aromatic rings. The lowest BCUT2D eigenvalue weighted by Gasteiger charge is -2.09. The third kappa shape index (κ3) is 5.64. The van der Waals surface area contributed by atoms with E-state index in [-0.39, 0.29) is 11.8 Å². The molecule has 0 fully saturated rings. The van der Waals surface area contributed by atoms with Gasteiger partial charge in [0.25, 0.3) is 11.8 Å². The summed E-state index contributed by atoms with van der Waals surface area (Å²) in [6, 6.07) is 21.8. The standard InChI is InChI=1S/C30H24Cl2N4O4/c1-17-25(27(35-39-17)21-7-3-5-9-23(21)31)29(37)33-15-19-11-13-20(14-12-19)16-34-30(38)26-18(2)40-36-28(26)22-8-4-6-10-24(22)32/h3-14H,15-16H2,1-2H3,(H,33,37)(H,34,38). The molecular formula is C30H24Cl2N4O4. The van der Waals surface area contributed by atoms with Crippen LogP contribution in [-0.2, 0) is 13.1 Å². The summed E-state index contributed by atoms with van der Waals surface area (Å²) in [5.41, 5.74) is 4.48. The van der Waals surface area contributed by atoms with Gasteiger partial charge in [0.05, 0.1) is 10.0 Å². The van der Waals surface area contributed by atoms with Crippen LogP contribution in [0.3, 0.4) is 0 Å². The van der Waals surface area contributed by atoms with Crippen LogP contribution in [0.15, 0.2) is 81.8 Å². The highest BCUT2D eigenvalue weighted by atomic mass is 35.5. The lowest BCUT2D eigenvalue weighted by Crippen LogP contribution is -2.24. The summed E-state index contributed by atoms with van der Waals surface area (Å²) in [5, 5.41) is 14.9. The van der Waals surface area contributed by atoms with Crippen LogP contribution in [0.2, 0.25) is 10.0 Å². The molecule has 0 aliphatic heterocycles. The number of carbonyl (C=O) groups excluding carboxylic acids is 2. The molecule has 0 spiro atoms. The molecule has 40 heavy (non-hydrogen) atoms. The Balaban J connectivity index is 1.21. The number of aryl methyl sites for hydroxylation is 2. The molecule has 202 valence electrons. The fraction of sp³-hybridized carbons (Fsp3) is 0.133. The van der Waals surface area contributed by atoms with Gasteiger partial charge in [0, 0.05) is 24.2 Å². The molecule has 0 aliphatic rings. The number of nitrogens with one attached hydrogen (secondary N) is 2. The number of carbonyl (C=O) groups is 2. The molecule has 5 rings (SSSR count). The first-order valence-electron chi connectivity index (χ1n) is 12.4. The molecule has 0 saturated heterocycles. The molecule has 0 saturated carbocycles. The molecule has 3 aromatic carbocycles. The fourth-order valence-corrected chi connectivity index (χ4v) is 4.72. The first-order chi connectivity index (χ1) is 19.3. The zero-order valence-electron chi connectivity index (χ0n) is 21.6. The average Bonchev–Trinajstić information content (AvgIpc) is 3.53. The van der Waals surface area contributed by atoms with Crippen molar-refractivity contribution in [3.63, 3.8) is 0 Å². The van der Waals surface area contributed by atoms with Crippen molar-refractivity contribution in [3.8, 4) is 22.5 Å². The van der Waals surface area contributed by atoms with Gasteiger partial charge < -0.3 is 19.7 Å². The summed E-state index contributed by atoms with van der Waals surface area (Å²) >= 11 is 12.6. The first kappa shape index (κ1) is 27.2. The minimum atomic E-state index is -0.316. The number of benzene rings is 3. The van der Waals surface area contributed by atoms with Gasteiger partial charge in [0.15, 0.2) is 0 Å². The van der Waals surface area contributed by atoms with Crippen LogP contribution in [0.5, 0.6) is 0 Å². The molecule has 0 aliphatic carbocycles. The van der Waals surface area contributed by atoms with Crippen molar-refractivity contribution < 1.29 is 18.6 Å². The number of nitrogens with zero attached hydrogens (tertiary/aromatic N) is 2. The first-order valence-corrected chi connectivity index (χ1v) is 13.2. The van der Waals surface area contributed by atoms with E-state index < -0.39 is 0 Å². The Hall–Kier alpha value is -4.40. The zero-order chi connectivity index (χ0) is 28.2. The number of hydrogen-bond acceptors (Lipinski definition) is 6. The largest absolute Gasteiger partial charge is 0.360 e. The van der Waals surface area contributed by atoms with E-state index in [9.17, 15) is 9.59 Å². The van der Waals surface area contributed by atoms with Crippen molar-refractivity contribution in [2.24, 2.45) is 0 Å². The van der Waals surface area contributed by atoms with Crippen molar-refractivity contribution in [1.29, 1.82) is 0 Å². The second-order valence-corrected chi connectivity index (χ2v) is 9.88. The molecule has 2 heterocycles. The molecule has 2 amide bonds. The molecule has 2 N–H and O–H groups in total. The van der Waals surface area contributed by atoms with E-state index in [4.69, 9.17) is 32.2 Å². The van der Waals surface area contributed by atoms with Crippen LogP contribution in [0.4, 0.5) is 0 Å². The Morgan fingerprint density at radius 1 is 0.650 bits per heavy atom. The predicted octanol–water partition coefficient (Wildman–Crippen LogP) is 6.78. The maximum atomic E-state index is 13.0. The molecule has 10 heteroatoms. The molecule has 0 bridgehead atoms. The highest BCUT2D eigenvalue weighted by Gasteiger charge is 2.24. The Morgan fingerprint density at radius 2 is 1.02 bits per heavy atom. The van der Waals surface area contributed by atoms with Gasteiger partial charge in [-0.15, -0.1) is 0 Å². The smallest absolute Gasteiger partial charge is 0.257 e. The van der Waals surface area contributed by atoms with Crippen LogP contribution in [-0.4, -0.2) is 22.1 Å². The van der Waals surface area contributed by atoms with E-state index in [2.05, 4.69) is 20.9 Å². The maximum absolute atomic E-state index is 13.0. The molecule has 2 aromatic heterocycles. The SMILES string of the molecule is Cc1onc(-c2ccccc2Cl)c1C(=O)NCc1ccc(CNC(=O)c2c(-c3ccccc3Cl)noc2C)cc1. The van der Waals surface area contributed by atoms with Crippen LogP contribution >= 0.6 is 23.2 Å². The van der Waals surface area contributed by atoms with Crippen LogP contribution < -0.4 is 10.6 Å². The van der Waals surface area contributed by atoms with Crippen molar-refractivity contribution in [2.45, 2.75) is 26.9 Å². The fourth-order valence-electron chi connectivity index (χ4n) is 4.27. The normalized spacial score (nSPS) is 10.9. The van der Waals surface area contributed by atoms with Crippen molar-refractivity contribution in [2.75, 3.05) is 0 Å². The third-order valence-corrected chi connectivity index (χ3v) is 7.03. The van der Waals surface area contributed by atoms with Gasteiger partial charge in [0.1, 0.15) is 34.0 Å². The quantitative estimate of drug-likeness (QED) is 0.211. The van der Waals surface area contributed by atoms with E-state index in [1.165, 1.54) is 0 Å². The van der Waals surface area contributed by atoms with Crippen LogP contribution in [0, 0.1) is 13.8 Å². The number of rotatable bonds is 8. The molecule has 0 radical (unpaired) electrons. The molecular weight excluding hydrogens is 551 g/mol. The summed E-state index contributed by atoms with van der Waals surface area (Å²) in [6.45, 7) is 3.95. The minimum absolute atomic E-state index is 0.291. The van der Waals surface area contributed by atoms with E-state index in [0.29, 0.717) is 68.3 Å². The minimum Gasteiger partial charge on any atom is -0.360 e. The van der Waals surface area contributed by atoms with E-state index >= 15 is 0 Å². The molecule has 8 nitrogen and oxygen atoms in total. The number of halogens is 2. The molecule has 0 unspecified atom stereocenters. The van der Waals surface area contributed by atoms with E-state index in [0.717, 1.165) is 11.1 Å². The second kappa shape index (κ2) is 11.8. The summed E-state index contributed by atoms with van der Waals surface area (Å²) in [4.78, 5) is 26.0. The monoisotopic (exact) mass is 574 g/mol. The Kier molecular flexibility index (Phi) is 8.00. The Morgan fingerprint density at radius 3 is 1.40 bits per heavy atom. The predicted molar refractivity (Wildman–Crippen MR) is 152 cm³/mol. The molecule has 0 atom stereocenters. The topological polar surface area (TPSA) is 110 Å². The number of amides is 2. The van der Waals surface area contributed by atoms with Gasteiger partial charge in [-0.05, 0) is 37.1 Å². The third-order valence-electron chi connectivity index (χ3n) is 6.37. The average molecular weight is 575 g/mol. The Labute approximate surface area is 240 Å². The van der Waals surface area contributed by atoms with Gasteiger partial charge in [-0.2, -0.15) is 0 Å². The van der Waals surface area contributed by atoms with Gasteiger partial charge in [-0.25, -0.2) is 0 Å².